The average molecular weight is 273 g/mol. The van der Waals surface area contributed by atoms with E-state index in [2.05, 4.69) is 0 Å². The zero-order valence-electron chi connectivity index (χ0n) is 12.1. The van der Waals surface area contributed by atoms with Crippen LogP contribution in [0.2, 0.25) is 0 Å². The van der Waals surface area contributed by atoms with Crippen molar-refractivity contribution in [1.82, 2.24) is 4.90 Å². The molecule has 0 aliphatic heterocycles. The molecule has 1 aliphatic carbocycles. The van der Waals surface area contributed by atoms with Gasteiger partial charge in [0.1, 0.15) is 0 Å². The molecule has 1 aliphatic rings. The first-order valence-corrected chi connectivity index (χ1v) is 7.38. The SMILES string of the molecule is CCOC(CN(CC1CCCCC1)C(=O)O)OCC. The Morgan fingerprint density at radius 3 is 2.26 bits per heavy atom. The fourth-order valence-corrected chi connectivity index (χ4v) is 2.62. The van der Waals surface area contributed by atoms with E-state index in [0.29, 0.717) is 32.2 Å². The lowest BCUT2D eigenvalue weighted by Crippen LogP contribution is -2.42. The van der Waals surface area contributed by atoms with Crippen molar-refractivity contribution in [2.45, 2.75) is 52.2 Å². The van der Waals surface area contributed by atoms with Gasteiger partial charge in [0.2, 0.25) is 0 Å². The lowest BCUT2D eigenvalue weighted by atomic mass is 9.89. The highest BCUT2D eigenvalue weighted by atomic mass is 16.7. The van der Waals surface area contributed by atoms with Crippen molar-refractivity contribution in [3.8, 4) is 0 Å². The highest BCUT2D eigenvalue weighted by Crippen LogP contribution is 2.24. The highest BCUT2D eigenvalue weighted by molar-refractivity contribution is 5.64. The minimum absolute atomic E-state index is 0.299. The van der Waals surface area contributed by atoms with Gasteiger partial charge in [-0.1, -0.05) is 19.3 Å². The van der Waals surface area contributed by atoms with Crippen LogP contribution in [0, 0.1) is 5.92 Å². The number of carbonyl (C=O) groups is 1. The van der Waals surface area contributed by atoms with E-state index < -0.39 is 12.4 Å². The summed E-state index contributed by atoms with van der Waals surface area (Å²) in [7, 11) is 0. The second-order valence-electron chi connectivity index (χ2n) is 5.03. The van der Waals surface area contributed by atoms with Gasteiger partial charge in [-0.15, -0.1) is 0 Å². The second-order valence-corrected chi connectivity index (χ2v) is 5.03. The Morgan fingerprint density at radius 1 is 1.21 bits per heavy atom. The van der Waals surface area contributed by atoms with Crippen LogP contribution in [0.3, 0.4) is 0 Å². The van der Waals surface area contributed by atoms with Crippen LogP contribution < -0.4 is 0 Å². The standard InChI is InChI=1S/C14H27NO4/c1-3-18-13(19-4-2)11-15(14(16)17)10-12-8-6-5-7-9-12/h12-13H,3-11H2,1-2H3,(H,16,17). The van der Waals surface area contributed by atoms with E-state index in [0.717, 1.165) is 12.8 Å². The zero-order chi connectivity index (χ0) is 14.1. The maximum Gasteiger partial charge on any atom is 0.407 e. The number of carboxylic acid groups (broad SMARTS) is 1. The minimum atomic E-state index is -0.880. The molecule has 0 atom stereocenters. The van der Waals surface area contributed by atoms with Gasteiger partial charge in [-0.05, 0) is 32.6 Å². The van der Waals surface area contributed by atoms with Crippen LogP contribution in [0.15, 0.2) is 0 Å². The van der Waals surface area contributed by atoms with E-state index >= 15 is 0 Å². The molecule has 0 bridgehead atoms. The molecule has 1 saturated carbocycles. The Morgan fingerprint density at radius 2 is 1.79 bits per heavy atom. The molecule has 112 valence electrons. The number of hydrogen-bond donors (Lipinski definition) is 1. The van der Waals surface area contributed by atoms with Gasteiger partial charge in [-0.3, -0.25) is 0 Å². The third-order valence-corrected chi connectivity index (χ3v) is 3.55. The van der Waals surface area contributed by atoms with E-state index in [1.807, 2.05) is 13.8 Å². The summed E-state index contributed by atoms with van der Waals surface area (Å²) in [6.45, 7) is 5.74. The Bertz CT molecular complexity index is 248. The molecule has 0 saturated heterocycles. The molecule has 0 aromatic carbocycles. The second kappa shape index (κ2) is 9.15. The van der Waals surface area contributed by atoms with Crippen LogP contribution in [-0.4, -0.2) is 48.7 Å². The number of amides is 1. The van der Waals surface area contributed by atoms with Gasteiger partial charge in [0.05, 0.1) is 6.54 Å². The molecule has 1 amide bonds. The van der Waals surface area contributed by atoms with Crippen LogP contribution in [-0.2, 0) is 9.47 Å². The van der Waals surface area contributed by atoms with E-state index in [1.165, 1.54) is 24.2 Å². The van der Waals surface area contributed by atoms with Crippen LogP contribution in [0.1, 0.15) is 46.0 Å². The van der Waals surface area contributed by atoms with Gasteiger partial charge in [-0.2, -0.15) is 0 Å². The van der Waals surface area contributed by atoms with Crippen LogP contribution >= 0.6 is 0 Å². The summed E-state index contributed by atoms with van der Waals surface area (Å²) >= 11 is 0. The summed E-state index contributed by atoms with van der Waals surface area (Å²) in [5.74, 6) is 0.494. The zero-order valence-corrected chi connectivity index (χ0v) is 12.1. The lowest BCUT2D eigenvalue weighted by molar-refractivity contribution is -0.145. The van der Waals surface area contributed by atoms with Crippen molar-refractivity contribution < 1.29 is 19.4 Å². The molecule has 0 radical (unpaired) electrons. The lowest BCUT2D eigenvalue weighted by Gasteiger charge is -2.30. The summed E-state index contributed by atoms with van der Waals surface area (Å²) in [4.78, 5) is 12.8. The summed E-state index contributed by atoms with van der Waals surface area (Å²) < 4.78 is 10.8. The van der Waals surface area contributed by atoms with Crippen LogP contribution in [0.5, 0.6) is 0 Å². The maximum atomic E-state index is 11.3. The summed E-state index contributed by atoms with van der Waals surface area (Å²) in [5.41, 5.74) is 0. The number of nitrogens with zero attached hydrogens (tertiary/aromatic N) is 1. The third-order valence-electron chi connectivity index (χ3n) is 3.55. The largest absolute Gasteiger partial charge is 0.465 e. The van der Waals surface area contributed by atoms with Gasteiger partial charge in [-0.25, -0.2) is 4.79 Å². The minimum Gasteiger partial charge on any atom is -0.465 e. The molecular weight excluding hydrogens is 246 g/mol. The Balaban J connectivity index is 2.47. The molecule has 0 aromatic heterocycles. The van der Waals surface area contributed by atoms with Gasteiger partial charge in [0.15, 0.2) is 6.29 Å². The average Bonchev–Trinajstić information content (AvgIpc) is 2.39. The summed E-state index contributed by atoms with van der Waals surface area (Å²) in [6.07, 6.45) is 4.67. The molecule has 0 aromatic rings. The Hall–Kier alpha value is -0.810. The van der Waals surface area contributed by atoms with Gasteiger partial charge in [0.25, 0.3) is 0 Å². The van der Waals surface area contributed by atoms with E-state index in [4.69, 9.17) is 9.47 Å². The first kappa shape index (κ1) is 16.2. The first-order valence-electron chi connectivity index (χ1n) is 7.38. The van der Waals surface area contributed by atoms with Gasteiger partial charge < -0.3 is 19.5 Å². The van der Waals surface area contributed by atoms with E-state index in [9.17, 15) is 9.90 Å². The molecule has 0 unspecified atom stereocenters. The van der Waals surface area contributed by atoms with Crippen LogP contribution in [0.25, 0.3) is 0 Å². The van der Waals surface area contributed by atoms with Crippen molar-refractivity contribution >= 4 is 6.09 Å². The topological polar surface area (TPSA) is 59.0 Å². The predicted molar refractivity (Wildman–Crippen MR) is 73.2 cm³/mol. The molecule has 1 fully saturated rings. The molecule has 5 heteroatoms. The van der Waals surface area contributed by atoms with Crippen molar-refractivity contribution in [3.05, 3.63) is 0 Å². The molecule has 1 N–H and O–H groups in total. The van der Waals surface area contributed by atoms with Crippen molar-refractivity contribution in [3.63, 3.8) is 0 Å². The molecule has 0 spiro atoms. The molecular formula is C14H27NO4. The molecule has 5 nitrogen and oxygen atoms in total. The van der Waals surface area contributed by atoms with Crippen LogP contribution in [0.4, 0.5) is 4.79 Å². The molecule has 19 heavy (non-hydrogen) atoms. The first-order chi connectivity index (χ1) is 9.17. The number of rotatable bonds is 8. The number of ether oxygens (including phenoxy) is 2. The fraction of sp³-hybridized carbons (Fsp3) is 0.929. The maximum absolute atomic E-state index is 11.3. The van der Waals surface area contributed by atoms with Crippen molar-refractivity contribution in [1.29, 1.82) is 0 Å². The number of hydrogen-bond acceptors (Lipinski definition) is 3. The normalized spacial score (nSPS) is 16.8. The van der Waals surface area contributed by atoms with E-state index in [1.54, 1.807) is 0 Å². The third kappa shape index (κ3) is 6.25. The summed E-state index contributed by atoms with van der Waals surface area (Å²) in [5, 5.41) is 9.30. The Kier molecular flexibility index (Phi) is 7.82. The van der Waals surface area contributed by atoms with Crippen molar-refractivity contribution in [2.75, 3.05) is 26.3 Å². The predicted octanol–water partition coefficient (Wildman–Crippen LogP) is 2.95. The van der Waals surface area contributed by atoms with E-state index in [-0.39, 0.29) is 0 Å². The van der Waals surface area contributed by atoms with Crippen molar-refractivity contribution in [2.24, 2.45) is 5.92 Å². The van der Waals surface area contributed by atoms with Gasteiger partial charge in [0, 0.05) is 19.8 Å². The molecule has 0 heterocycles. The highest BCUT2D eigenvalue weighted by Gasteiger charge is 2.23. The fourth-order valence-electron chi connectivity index (χ4n) is 2.62. The summed E-state index contributed by atoms with van der Waals surface area (Å²) in [6, 6.07) is 0. The Labute approximate surface area is 115 Å². The molecule has 1 rings (SSSR count). The van der Waals surface area contributed by atoms with Gasteiger partial charge >= 0.3 is 6.09 Å². The quantitative estimate of drug-likeness (QED) is 0.691. The smallest absolute Gasteiger partial charge is 0.407 e. The monoisotopic (exact) mass is 273 g/mol.